The maximum Gasteiger partial charge on any atom is 0.235 e. The normalized spacial score (nSPS) is 15.2. The molecule has 0 unspecified atom stereocenters. The Hall–Kier alpha value is -2.61. The summed E-state index contributed by atoms with van der Waals surface area (Å²) in [5.41, 5.74) is 1.16. The molecule has 1 aromatic heterocycles. The van der Waals surface area contributed by atoms with E-state index in [-0.39, 0.29) is 11.6 Å². The maximum atomic E-state index is 14.2. The van der Waals surface area contributed by atoms with Crippen LogP contribution in [0.5, 0.6) is 0 Å². The zero-order valence-corrected chi connectivity index (χ0v) is 16.2. The van der Waals surface area contributed by atoms with Gasteiger partial charge in [-0.25, -0.2) is 4.39 Å². The van der Waals surface area contributed by atoms with Crippen molar-refractivity contribution in [3.8, 4) is 5.69 Å². The van der Waals surface area contributed by atoms with Crippen LogP contribution in [0, 0.1) is 12.7 Å². The highest BCUT2D eigenvalue weighted by Gasteiger charge is 2.45. The first kappa shape index (κ1) is 17.8. The molecule has 0 radical (unpaired) electrons. The standard InChI is InChI=1S/C19H17BrFN5O/c1-12-23-24-25-26(12)17-11-15(7-8-16(17)21)22-18(27)19(9-2-10-19)13-3-5-14(20)6-4-13/h3-8,11H,2,9-10H2,1H3,(H,22,27). The molecule has 2 aromatic carbocycles. The van der Waals surface area contributed by atoms with Crippen molar-refractivity contribution in [3.05, 3.63) is 64.1 Å². The molecular formula is C19H17BrFN5O. The Kier molecular flexibility index (Phi) is 4.51. The molecule has 0 aliphatic heterocycles. The lowest BCUT2D eigenvalue weighted by Gasteiger charge is -2.40. The van der Waals surface area contributed by atoms with Gasteiger partial charge in [-0.1, -0.05) is 34.5 Å². The molecule has 0 saturated heterocycles. The quantitative estimate of drug-likeness (QED) is 0.681. The Labute approximate surface area is 163 Å². The lowest BCUT2D eigenvalue weighted by Crippen LogP contribution is -2.46. The molecule has 8 heteroatoms. The summed E-state index contributed by atoms with van der Waals surface area (Å²) in [5, 5.41) is 14.1. The van der Waals surface area contributed by atoms with Gasteiger partial charge in [-0.2, -0.15) is 4.68 Å². The van der Waals surface area contributed by atoms with E-state index in [0.717, 1.165) is 29.3 Å². The Balaban J connectivity index is 1.63. The van der Waals surface area contributed by atoms with Crippen LogP contribution in [-0.4, -0.2) is 26.1 Å². The SMILES string of the molecule is Cc1nnnn1-c1cc(NC(=O)C2(c3ccc(Br)cc3)CCC2)ccc1F. The fraction of sp³-hybridized carbons (Fsp3) is 0.263. The molecule has 1 heterocycles. The summed E-state index contributed by atoms with van der Waals surface area (Å²) in [6.07, 6.45) is 2.59. The summed E-state index contributed by atoms with van der Waals surface area (Å²) in [7, 11) is 0. The van der Waals surface area contributed by atoms with Crippen molar-refractivity contribution in [3.63, 3.8) is 0 Å². The topological polar surface area (TPSA) is 72.7 Å². The van der Waals surface area contributed by atoms with E-state index in [9.17, 15) is 9.18 Å². The summed E-state index contributed by atoms with van der Waals surface area (Å²) in [6, 6.07) is 12.2. The molecule has 1 fully saturated rings. The first-order valence-electron chi connectivity index (χ1n) is 8.62. The van der Waals surface area contributed by atoms with Crippen LogP contribution >= 0.6 is 15.9 Å². The molecule has 6 nitrogen and oxygen atoms in total. The summed E-state index contributed by atoms with van der Waals surface area (Å²) >= 11 is 3.43. The first-order valence-corrected chi connectivity index (χ1v) is 9.41. The molecular weight excluding hydrogens is 413 g/mol. The van der Waals surface area contributed by atoms with E-state index in [1.165, 1.54) is 10.7 Å². The molecule has 1 N–H and O–H groups in total. The van der Waals surface area contributed by atoms with E-state index in [0.29, 0.717) is 11.5 Å². The maximum absolute atomic E-state index is 14.2. The van der Waals surface area contributed by atoms with Crippen LogP contribution in [-0.2, 0) is 10.2 Å². The minimum Gasteiger partial charge on any atom is -0.325 e. The average Bonchev–Trinajstić information content (AvgIpc) is 3.03. The number of carbonyl (C=O) groups is 1. The third-order valence-electron chi connectivity index (χ3n) is 5.10. The van der Waals surface area contributed by atoms with Gasteiger partial charge in [0.25, 0.3) is 0 Å². The number of nitrogens with zero attached hydrogens (tertiary/aromatic N) is 4. The van der Waals surface area contributed by atoms with Gasteiger partial charge in [0.15, 0.2) is 5.82 Å². The van der Waals surface area contributed by atoms with Gasteiger partial charge in [0.2, 0.25) is 5.91 Å². The van der Waals surface area contributed by atoms with Gasteiger partial charge in [0.05, 0.1) is 5.41 Å². The van der Waals surface area contributed by atoms with Crippen molar-refractivity contribution >= 4 is 27.5 Å². The van der Waals surface area contributed by atoms with E-state index in [1.807, 2.05) is 24.3 Å². The van der Waals surface area contributed by atoms with Crippen LogP contribution in [0.25, 0.3) is 5.69 Å². The van der Waals surface area contributed by atoms with Crippen molar-refractivity contribution in [1.29, 1.82) is 0 Å². The highest BCUT2D eigenvalue weighted by molar-refractivity contribution is 9.10. The first-order chi connectivity index (χ1) is 13.0. The highest BCUT2D eigenvalue weighted by Crippen LogP contribution is 2.45. The largest absolute Gasteiger partial charge is 0.325 e. The smallest absolute Gasteiger partial charge is 0.235 e. The van der Waals surface area contributed by atoms with Crippen molar-refractivity contribution in [1.82, 2.24) is 20.2 Å². The van der Waals surface area contributed by atoms with E-state index in [1.54, 1.807) is 19.1 Å². The molecule has 0 bridgehead atoms. The monoisotopic (exact) mass is 429 g/mol. The molecule has 1 aliphatic carbocycles. The number of nitrogens with one attached hydrogen (secondary N) is 1. The summed E-state index contributed by atoms with van der Waals surface area (Å²) in [4.78, 5) is 13.1. The molecule has 1 aliphatic rings. The van der Waals surface area contributed by atoms with Crippen LogP contribution in [0.4, 0.5) is 10.1 Å². The van der Waals surface area contributed by atoms with Gasteiger partial charge in [0.1, 0.15) is 11.5 Å². The van der Waals surface area contributed by atoms with E-state index < -0.39 is 11.2 Å². The minimum absolute atomic E-state index is 0.0814. The molecule has 138 valence electrons. The third-order valence-corrected chi connectivity index (χ3v) is 5.62. The number of hydrogen-bond acceptors (Lipinski definition) is 4. The van der Waals surface area contributed by atoms with Crippen LogP contribution in [0.15, 0.2) is 46.9 Å². The van der Waals surface area contributed by atoms with E-state index in [2.05, 4.69) is 36.8 Å². The van der Waals surface area contributed by atoms with Gasteiger partial charge >= 0.3 is 0 Å². The lowest BCUT2D eigenvalue weighted by molar-refractivity contribution is -0.124. The Morgan fingerprint density at radius 3 is 2.56 bits per heavy atom. The fourth-order valence-electron chi connectivity index (χ4n) is 3.40. The lowest BCUT2D eigenvalue weighted by atomic mass is 9.64. The van der Waals surface area contributed by atoms with Crippen molar-refractivity contribution in [2.45, 2.75) is 31.6 Å². The summed E-state index contributed by atoms with van der Waals surface area (Å²) in [5.74, 6) is -0.0839. The Bertz CT molecular complexity index is 998. The molecule has 0 spiro atoms. The number of carbonyl (C=O) groups excluding carboxylic acids is 1. The number of tetrazole rings is 1. The minimum atomic E-state index is -0.542. The second-order valence-electron chi connectivity index (χ2n) is 6.70. The van der Waals surface area contributed by atoms with Gasteiger partial charge in [-0.3, -0.25) is 4.79 Å². The molecule has 1 amide bonds. The molecule has 4 rings (SSSR count). The zero-order chi connectivity index (χ0) is 19.0. The van der Waals surface area contributed by atoms with Gasteiger partial charge in [0, 0.05) is 10.2 Å². The second-order valence-corrected chi connectivity index (χ2v) is 7.62. The summed E-state index contributed by atoms with van der Waals surface area (Å²) in [6.45, 7) is 1.68. The van der Waals surface area contributed by atoms with Crippen LogP contribution in [0.1, 0.15) is 30.7 Å². The zero-order valence-electron chi connectivity index (χ0n) is 14.6. The molecule has 1 saturated carbocycles. The second kappa shape index (κ2) is 6.84. The number of benzene rings is 2. The van der Waals surface area contributed by atoms with Crippen LogP contribution in [0.3, 0.4) is 0 Å². The number of aryl methyl sites for hydroxylation is 1. The number of aromatic nitrogens is 4. The predicted octanol–water partition coefficient (Wildman–Crippen LogP) is 3.93. The van der Waals surface area contributed by atoms with Gasteiger partial charge < -0.3 is 5.32 Å². The molecule has 0 atom stereocenters. The number of hydrogen-bond donors (Lipinski definition) is 1. The average molecular weight is 430 g/mol. The molecule has 3 aromatic rings. The summed E-state index contributed by atoms with van der Waals surface area (Å²) < 4.78 is 16.5. The third kappa shape index (κ3) is 3.14. The van der Waals surface area contributed by atoms with Crippen molar-refractivity contribution < 1.29 is 9.18 Å². The van der Waals surface area contributed by atoms with Gasteiger partial charge in [-0.05, 0) is 66.1 Å². The number of amides is 1. The highest BCUT2D eigenvalue weighted by atomic mass is 79.9. The van der Waals surface area contributed by atoms with Crippen molar-refractivity contribution in [2.75, 3.05) is 5.32 Å². The van der Waals surface area contributed by atoms with Crippen LogP contribution < -0.4 is 5.32 Å². The Morgan fingerprint density at radius 2 is 1.96 bits per heavy atom. The van der Waals surface area contributed by atoms with E-state index in [4.69, 9.17) is 0 Å². The van der Waals surface area contributed by atoms with Crippen LogP contribution in [0.2, 0.25) is 0 Å². The number of anilines is 1. The predicted molar refractivity (Wildman–Crippen MR) is 102 cm³/mol. The Morgan fingerprint density at radius 1 is 1.22 bits per heavy atom. The number of rotatable bonds is 4. The van der Waals surface area contributed by atoms with Gasteiger partial charge in [-0.15, -0.1) is 5.10 Å². The molecule has 27 heavy (non-hydrogen) atoms. The van der Waals surface area contributed by atoms with E-state index >= 15 is 0 Å². The fourth-order valence-corrected chi connectivity index (χ4v) is 3.67. The van der Waals surface area contributed by atoms with Crippen molar-refractivity contribution in [2.24, 2.45) is 0 Å². The number of halogens is 2.